The highest BCUT2D eigenvalue weighted by Gasteiger charge is 2.57. The average Bonchev–Trinajstić information content (AvgIpc) is 3.30. The summed E-state index contributed by atoms with van der Waals surface area (Å²) in [6, 6.07) is 4.41. The first kappa shape index (κ1) is 23.4. The maximum atomic E-state index is 14.1. The van der Waals surface area contributed by atoms with Crippen molar-refractivity contribution in [3.8, 4) is 0 Å². The molecule has 31 heavy (non-hydrogen) atoms. The van der Waals surface area contributed by atoms with Gasteiger partial charge in [0.15, 0.2) is 0 Å². The first-order chi connectivity index (χ1) is 14.8. The molecule has 3 aliphatic rings. The van der Waals surface area contributed by atoms with Crippen LogP contribution in [0.2, 0.25) is 5.02 Å². The summed E-state index contributed by atoms with van der Waals surface area (Å²) in [6.07, 6.45) is -0.0993. The molecule has 3 saturated heterocycles. The molecule has 0 aliphatic carbocycles. The quantitative estimate of drug-likeness (QED) is 0.683. The van der Waals surface area contributed by atoms with Gasteiger partial charge in [0.1, 0.15) is 5.82 Å². The highest BCUT2D eigenvalue weighted by atomic mass is 35.5. The number of carboxylic acid groups (broad SMARTS) is 1. The molecule has 8 nitrogen and oxygen atoms in total. The highest BCUT2D eigenvalue weighted by molar-refractivity contribution is 6.31. The van der Waals surface area contributed by atoms with Crippen LogP contribution in [0.15, 0.2) is 18.2 Å². The van der Waals surface area contributed by atoms with Gasteiger partial charge in [-0.05, 0) is 19.2 Å². The Morgan fingerprint density at radius 1 is 1.29 bits per heavy atom. The van der Waals surface area contributed by atoms with Gasteiger partial charge in [-0.1, -0.05) is 17.7 Å². The predicted octanol–water partition coefficient (Wildman–Crippen LogP) is 0.971. The average molecular weight is 456 g/mol. The van der Waals surface area contributed by atoms with Gasteiger partial charge >= 0.3 is 0 Å². The van der Waals surface area contributed by atoms with Gasteiger partial charge in [0.05, 0.1) is 25.0 Å². The molecule has 2 atom stereocenters. The second kappa shape index (κ2) is 9.93. The third-order valence-electron chi connectivity index (χ3n) is 6.33. The zero-order chi connectivity index (χ0) is 22.6. The zero-order valence-electron chi connectivity index (χ0n) is 17.4. The number of benzene rings is 1. The number of carbonyl (C=O) groups excluding carboxylic acids is 2. The Balaban J connectivity index is 0.000000858. The zero-order valence-corrected chi connectivity index (χ0v) is 18.2. The van der Waals surface area contributed by atoms with Crippen molar-refractivity contribution >= 4 is 29.9 Å². The summed E-state index contributed by atoms with van der Waals surface area (Å²) in [5.41, 5.74) is -0.466. The van der Waals surface area contributed by atoms with Gasteiger partial charge in [0.25, 0.3) is 6.47 Å². The highest BCUT2D eigenvalue weighted by Crippen LogP contribution is 2.43. The van der Waals surface area contributed by atoms with Crippen LogP contribution in [-0.2, 0) is 25.5 Å². The minimum Gasteiger partial charge on any atom is -0.483 e. The molecule has 0 aromatic heterocycles. The summed E-state index contributed by atoms with van der Waals surface area (Å²) in [6.45, 7) is 4.45. The normalized spacial score (nSPS) is 25.6. The third-order valence-corrected chi connectivity index (χ3v) is 6.69. The second-order valence-electron chi connectivity index (χ2n) is 8.22. The van der Waals surface area contributed by atoms with Gasteiger partial charge in [-0.15, -0.1) is 0 Å². The molecule has 4 rings (SSSR count). The minimum atomic E-state index is -0.676. The number of carbonyl (C=O) groups is 3. The molecule has 1 N–H and O–H groups in total. The van der Waals surface area contributed by atoms with E-state index in [2.05, 4.69) is 4.90 Å². The van der Waals surface area contributed by atoms with Gasteiger partial charge in [-0.25, -0.2) is 4.39 Å². The molecule has 0 radical (unpaired) electrons. The molecule has 3 fully saturated rings. The maximum Gasteiger partial charge on any atom is 0.290 e. The van der Waals surface area contributed by atoms with E-state index in [-0.39, 0.29) is 41.2 Å². The van der Waals surface area contributed by atoms with E-state index in [9.17, 15) is 14.0 Å². The van der Waals surface area contributed by atoms with Crippen LogP contribution in [0, 0.1) is 17.2 Å². The SMILES string of the molecule is CN1CCN(C(=O)[C@]23COC[C@H]2CN(C(=O)Cc2c(F)cccc2Cl)C3)CC1.O=CO. The largest absolute Gasteiger partial charge is 0.483 e. The Morgan fingerprint density at radius 2 is 1.97 bits per heavy atom. The maximum absolute atomic E-state index is 14.1. The van der Waals surface area contributed by atoms with Gasteiger partial charge in [0, 0.05) is 55.8 Å². The number of amides is 2. The van der Waals surface area contributed by atoms with Crippen LogP contribution in [0.4, 0.5) is 4.39 Å². The lowest BCUT2D eigenvalue weighted by Crippen LogP contribution is -2.55. The van der Waals surface area contributed by atoms with Gasteiger partial charge in [-0.3, -0.25) is 14.4 Å². The van der Waals surface area contributed by atoms with Crippen molar-refractivity contribution in [2.24, 2.45) is 11.3 Å². The molecular formula is C21H27ClFN3O5. The van der Waals surface area contributed by atoms with E-state index < -0.39 is 11.2 Å². The molecule has 0 saturated carbocycles. The molecule has 0 spiro atoms. The van der Waals surface area contributed by atoms with Gasteiger partial charge < -0.3 is 24.5 Å². The number of rotatable bonds is 3. The van der Waals surface area contributed by atoms with E-state index in [1.54, 1.807) is 11.0 Å². The molecule has 0 unspecified atom stereocenters. The molecule has 1 aromatic carbocycles. The Morgan fingerprint density at radius 3 is 2.61 bits per heavy atom. The van der Waals surface area contributed by atoms with Crippen molar-refractivity contribution in [3.05, 3.63) is 34.6 Å². The molecule has 10 heteroatoms. The van der Waals surface area contributed by atoms with Crippen LogP contribution in [0.3, 0.4) is 0 Å². The minimum absolute atomic E-state index is 0.0142. The number of halogens is 2. The van der Waals surface area contributed by atoms with Gasteiger partial charge in [-0.2, -0.15) is 0 Å². The van der Waals surface area contributed by atoms with Crippen LogP contribution >= 0.6 is 11.6 Å². The van der Waals surface area contributed by atoms with E-state index in [0.29, 0.717) is 39.4 Å². The number of hydrogen-bond donors (Lipinski definition) is 1. The number of ether oxygens (including phenoxy) is 1. The van der Waals surface area contributed by atoms with E-state index in [0.717, 1.165) is 13.1 Å². The number of likely N-dealkylation sites (tertiary alicyclic amines) is 1. The lowest BCUT2D eigenvalue weighted by molar-refractivity contribution is -0.145. The van der Waals surface area contributed by atoms with E-state index in [4.69, 9.17) is 26.2 Å². The molecule has 2 amide bonds. The smallest absolute Gasteiger partial charge is 0.290 e. The Bertz CT molecular complexity index is 813. The van der Waals surface area contributed by atoms with Crippen molar-refractivity contribution < 1.29 is 28.6 Å². The molecule has 3 heterocycles. The fourth-order valence-corrected chi connectivity index (χ4v) is 4.75. The standard InChI is InChI=1S/C20H25ClFN3O3.CH2O2/c1-23-5-7-24(8-6-23)19(27)20-12-25(10-14(20)11-28-13-20)18(26)9-15-16(21)3-2-4-17(15)22;2-1-3/h2-4,14H,5-13H2,1H3;1H,(H,2,3)/t14-,20-;/m1./s1. The molecule has 1 aromatic rings. The summed E-state index contributed by atoms with van der Waals surface area (Å²) in [5, 5.41) is 7.14. The predicted molar refractivity (Wildman–Crippen MR) is 111 cm³/mol. The summed E-state index contributed by atoms with van der Waals surface area (Å²) in [7, 11) is 2.05. The van der Waals surface area contributed by atoms with Crippen molar-refractivity contribution in [2.75, 3.05) is 59.5 Å². The van der Waals surface area contributed by atoms with Crippen molar-refractivity contribution in [2.45, 2.75) is 6.42 Å². The van der Waals surface area contributed by atoms with Crippen LogP contribution in [0.5, 0.6) is 0 Å². The fraction of sp³-hybridized carbons (Fsp3) is 0.571. The topological polar surface area (TPSA) is 90.4 Å². The number of piperazine rings is 1. The second-order valence-corrected chi connectivity index (χ2v) is 8.63. The Kier molecular flexibility index (Phi) is 7.51. The molecule has 170 valence electrons. The summed E-state index contributed by atoms with van der Waals surface area (Å²) < 4.78 is 19.7. The van der Waals surface area contributed by atoms with Crippen molar-refractivity contribution in [1.29, 1.82) is 0 Å². The Hall–Kier alpha value is -2.23. The van der Waals surface area contributed by atoms with Crippen molar-refractivity contribution in [1.82, 2.24) is 14.7 Å². The first-order valence-electron chi connectivity index (χ1n) is 10.2. The summed E-state index contributed by atoms with van der Waals surface area (Å²) in [4.78, 5) is 40.4. The Labute approximate surface area is 185 Å². The lowest BCUT2D eigenvalue weighted by atomic mass is 9.79. The lowest BCUT2D eigenvalue weighted by Gasteiger charge is -2.38. The van der Waals surface area contributed by atoms with E-state index in [1.165, 1.54) is 12.1 Å². The number of hydrogen-bond acceptors (Lipinski definition) is 5. The van der Waals surface area contributed by atoms with Crippen LogP contribution in [0.25, 0.3) is 0 Å². The first-order valence-corrected chi connectivity index (χ1v) is 10.5. The van der Waals surface area contributed by atoms with Gasteiger partial charge in [0.2, 0.25) is 11.8 Å². The number of fused-ring (bicyclic) bond motifs is 1. The molecule has 0 bridgehead atoms. The van der Waals surface area contributed by atoms with E-state index >= 15 is 0 Å². The number of likely N-dealkylation sites (N-methyl/N-ethyl adjacent to an activating group) is 1. The fourth-order valence-electron chi connectivity index (χ4n) is 4.52. The van der Waals surface area contributed by atoms with Crippen LogP contribution in [0.1, 0.15) is 5.56 Å². The molecule has 3 aliphatic heterocycles. The molecular weight excluding hydrogens is 429 g/mol. The monoisotopic (exact) mass is 455 g/mol. The third kappa shape index (κ3) is 4.83. The van der Waals surface area contributed by atoms with E-state index in [1.807, 2.05) is 11.9 Å². The van der Waals surface area contributed by atoms with Crippen LogP contribution in [-0.4, -0.2) is 97.6 Å². The van der Waals surface area contributed by atoms with Crippen LogP contribution < -0.4 is 0 Å². The number of nitrogens with zero attached hydrogens (tertiary/aromatic N) is 3. The van der Waals surface area contributed by atoms with Crippen molar-refractivity contribution in [3.63, 3.8) is 0 Å². The summed E-state index contributed by atoms with van der Waals surface area (Å²) in [5.74, 6) is -0.610. The summed E-state index contributed by atoms with van der Waals surface area (Å²) >= 11 is 6.07.